The third-order valence-electron chi connectivity index (χ3n) is 6.21. The Morgan fingerprint density at radius 2 is 1.64 bits per heavy atom. The fourth-order valence-electron chi connectivity index (χ4n) is 4.37. The van der Waals surface area contributed by atoms with Gasteiger partial charge in [-0.15, -0.1) is 0 Å². The van der Waals surface area contributed by atoms with Crippen LogP contribution in [0.1, 0.15) is 20.3 Å². The lowest BCUT2D eigenvalue weighted by molar-refractivity contribution is -0.123. The van der Waals surface area contributed by atoms with E-state index in [2.05, 4.69) is 9.80 Å². The fourth-order valence-corrected chi connectivity index (χ4v) is 5.26. The second kappa shape index (κ2) is 9.52. The van der Waals surface area contributed by atoms with Crippen LogP contribution in [-0.4, -0.2) is 69.7 Å². The van der Waals surface area contributed by atoms with Crippen molar-refractivity contribution in [3.05, 3.63) is 48.5 Å². The first-order valence-electron chi connectivity index (χ1n) is 11.3. The Morgan fingerprint density at radius 1 is 0.939 bits per heavy atom. The van der Waals surface area contributed by atoms with E-state index < -0.39 is 15.9 Å². The van der Waals surface area contributed by atoms with Crippen LogP contribution >= 0.6 is 0 Å². The van der Waals surface area contributed by atoms with Crippen LogP contribution in [0.2, 0.25) is 0 Å². The average Bonchev–Trinajstić information content (AvgIpc) is 3.13. The van der Waals surface area contributed by atoms with Crippen molar-refractivity contribution in [2.45, 2.75) is 31.2 Å². The maximum atomic E-state index is 13.1. The summed E-state index contributed by atoms with van der Waals surface area (Å²) in [4.78, 5) is 31.7. The summed E-state index contributed by atoms with van der Waals surface area (Å²) in [5, 5.41) is 0. The number of amides is 2. The number of rotatable bonds is 7. The zero-order valence-corrected chi connectivity index (χ0v) is 19.8. The van der Waals surface area contributed by atoms with Crippen LogP contribution < -0.4 is 14.5 Å². The van der Waals surface area contributed by atoms with Gasteiger partial charge in [-0.05, 0) is 43.3 Å². The molecule has 2 amide bonds. The molecule has 0 N–H and O–H groups in total. The Bertz CT molecular complexity index is 1130. The summed E-state index contributed by atoms with van der Waals surface area (Å²) in [7, 11) is -3.22. The molecular formula is C24H29N3O5S. The molecule has 33 heavy (non-hydrogen) atoms. The van der Waals surface area contributed by atoms with Crippen molar-refractivity contribution in [2.75, 3.05) is 48.3 Å². The molecule has 8 nitrogen and oxygen atoms in total. The number of benzene rings is 2. The third kappa shape index (κ3) is 4.74. The van der Waals surface area contributed by atoms with E-state index in [0.717, 1.165) is 5.69 Å². The van der Waals surface area contributed by atoms with Gasteiger partial charge in [-0.2, -0.15) is 0 Å². The second-order valence-corrected chi connectivity index (χ2v) is 10.4. The van der Waals surface area contributed by atoms with Gasteiger partial charge in [-0.25, -0.2) is 13.3 Å². The minimum Gasteiger partial charge on any atom is -0.494 e. The number of piperazine rings is 1. The van der Waals surface area contributed by atoms with Crippen molar-refractivity contribution in [1.82, 2.24) is 4.90 Å². The third-order valence-corrected chi connectivity index (χ3v) is 7.96. The molecule has 2 aromatic carbocycles. The molecule has 2 saturated heterocycles. The van der Waals surface area contributed by atoms with Gasteiger partial charge in [0.05, 0.1) is 35.4 Å². The molecule has 0 aliphatic carbocycles. The van der Waals surface area contributed by atoms with Crippen LogP contribution in [0.25, 0.3) is 0 Å². The van der Waals surface area contributed by atoms with Crippen molar-refractivity contribution in [2.24, 2.45) is 0 Å². The summed E-state index contributed by atoms with van der Waals surface area (Å²) in [6.07, 6.45) is 0.168. The second-order valence-electron chi connectivity index (χ2n) is 8.14. The number of nitrogens with zero attached hydrogens (tertiary/aromatic N) is 3. The highest BCUT2D eigenvalue weighted by molar-refractivity contribution is 7.91. The first-order chi connectivity index (χ1) is 15.8. The number of hydrogen-bond donors (Lipinski definition) is 0. The molecule has 2 aliphatic rings. The maximum absolute atomic E-state index is 13.1. The molecule has 176 valence electrons. The predicted octanol–water partition coefficient (Wildman–Crippen LogP) is 2.33. The Labute approximate surface area is 194 Å². The van der Waals surface area contributed by atoms with E-state index in [1.165, 1.54) is 4.90 Å². The minimum atomic E-state index is -3.22. The van der Waals surface area contributed by atoms with Gasteiger partial charge in [0.1, 0.15) is 5.75 Å². The number of imide groups is 1. The molecule has 4 rings (SSSR count). The molecular weight excluding hydrogens is 442 g/mol. The van der Waals surface area contributed by atoms with E-state index in [-0.39, 0.29) is 24.0 Å². The van der Waals surface area contributed by atoms with Crippen molar-refractivity contribution in [3.63, 3.8) is 0 Å². The van der Waals surface area contributed by atoms with E-state index in [4.69, 9.17) is 4.74 Å². The molecule has 2 aliphatic heterocycles. The number of sulfone groups is 1. The summed E-state index contributed by atoms with van der Waals surface area (Å²) >= 11 is 0. The van der Waals surface area contributed by atoms with Gasteiger partial charge in [0.15, 0.2) is 9.84 Å². The highest BCUT2D eigenvalue weighted by Crippen LogP contribution is 2.29. The number of carbonyl (C=O) groups is 2. The summed E-state index contributed by atoms with van der Waals surface area (Å²) in [6, 6.07) is 13.5. The summed E-state index contributed by atoms with van der Waals surface area (Å²) in [5.41, 5.74) is 1.49. The Morgan fingerprint density at radius 3 is 2.27 bits per heavy atom. The number of anilines is 2. The molecule has 1 atom stereocenters. The highest BCUT2D eigenvalue weighted by Gasteiger charge is 2.43. The van der Waals surface area contributed by atoms with Crippen LogP contribution in [0.4, 0.5) is 11.4 Å². The first kappa shape index (κ1) is 23.3. The maximum Gasteiger partial charge on any atom is 0.251 e. The van der Waals surface area contributed by atoms with E-state index >= 15 is 0 Å². The van der Waals surface area contributed by atoms with Crippen molar-refractivity contribution >= 4 is 33.0 Å². The lowest BCUT2D eigenvalue weighted by atomic mass is 10.1. The monoisotopic (exact) mass is 471 g/mol. The van der Waals surface area contributed by atoms with E-state index in [1.807, 2.05) is 19.1 Å². The van der Waals surface area contributed by atoms with Crippen molar-refractivity contribution in [1.29, 1.82) is 0 Å². The topological polar surface area (TPSA) is 87.2 Å². The molecule has 2 aromatic rings. The Balaban J connectivity index is 1.40. The quantitative estimate of drug-likeness (QED) is 0.573. The molecule has 0 spiro atoms. The SMILES string of the molecule is CCOc1cccc(N2C(=O)C[C@H](N3CCN(c4ccc(S(=O)(=O)CC)cc4)CC3)C2=O)c1. The molecule has 0 aromatic heterocycles. The molecule has 0 bridgehead atoms. The van der Waals surface area contributed by atoms with Crippen molar-refractivity contribution < 1.29 is 22.7 Å². The van der Waals surface area contributed by atoms with Crippen LogP contribution in [0, 0.1) is 0 Å². The number of carbonyl (C=O) groups excluding carboxylic acids is 2. The molecule has 0 unspecified atom stereocenters. The lowest BCUT2D eigenvalue weighted by Gasteiger charge is -2.38. The largest absolute Gasteiger partial charge is 0.494 e. The van der Waals surface area contributed by atoms with Gasteiger partial charge in [-0.1, -0.05) is 13.0 Å². The zero-order valence-electron chi connectivity index (χ0n) is 18.9. The van der Waals surface area contributed by atoms with E-state index in [9.17, 15) is 18.0 Å². The minimum absolute atomic E-state index is 0.0755. The van der Waals surface area contributed by atoms with Gasteiger partial charge in [0, 0.05) is 37.9 Å². The van der Waals surface area contributed by atoms with Gasteiger partial charge in [0.25, 0.3) is 5.91 Å². The predicted molar refractivity (Wildman–Crippen MR) is 126 cm³/mol. The summed E-state index contributed by atoms with van der Waals surface area (Å²) in [6.45, 7) is 6.70. The normalized spacial score (nSPS) is 19.9. The molecule has 2 fully saturated rings. The lowest BCUT2D eigenvalue weighted by Crippen LogP contribution is -2.52. The van der Waals surface area contributed by atoms with Gasteiger partial charge in [0.2, 0.25) is 5.91 Å². The zero-order chi connectivity index (χ0) is 23.6. The van der Waals surface area contributed by atoms with E-state index in [1.54, 1.807) is 43.3 Å². The average molecular weight is 472 g/mol. The highest BCUT2D eigenvalue weighted by atomic mass is 32.2. The first-order valence-corrected chi connectivity index (χ1v) is 12.9. The van der Waals surface area contributed by atoms with Crippen LogP contribution in [0.5, 0.6) is 5.75 Å². The fraction of sp³-hybridized carbons (Fsp3) is 0.417. The van der Waals surface area contributed by atoms with Crippen LogP contribution in [0.3, 0.4) is 0 Å². The van der Waals surface area contributed by atoms with Gasteiger partial charge in [-0.3, -0.25) is 14.5 Å². The van der Waals surface area contributed by atoms with E-state index in [0.29, 0.717) is 49.1 Å². The summed E-state index contributed by atoms with van der Waals surface area (Å²) in [5.74, 6) is 0.307. The van der Waals surface area contributed by atoms with Gasteiger partial charge < -0.3 is 9.64 Å². The molecule has 2 heterocycles. The standard InChI is InChI=1S/C24H29N3O5S/c1-3-32-20-7-5-6-19(16-20)27-23(28)17-22(24(27)29)26-14-12-25(13-15-26)18-8-10-21(11-9-18)33(30,31)4-2/h5-11,16,22H,3-4,12-15,17H2,1-2H3/t22-/m0/s1. The Kier molecular flexibility index (Phi) is 6.71. The van der Waals surface area contributed by atoms with Crippen LogP contribution in [-0.2, 0) is 19.4 Å². The number of ether oxygens (including phenoxy) is 1. The number of hydrogen-bond acceptors (Lipinski definition) is 7. The Hall–Kier alpha value is -2.91. The van der Waals surface area contributed by atoms with Gasteiger partial charge >= 0.3 is 0 Å². The molecule has 0 saturated carbocycles. The van der Waals surface area contributed by atoms with Crippen LogP contribution in [0.15, 0.2) is 53.4 Å². The summed E-state index contributed by atoms with van der Waals surface area (Å²) < 4.78 is 29.6. The smallest absolute Gasteiger partial charge is 0.251 e. The van der Waals surface area contributed by atoms with Crippen molar-refractivity contribution in [3.8, 4) is 5.75 Å². The molecule has 0 radical (unpaired) electrons. The molecule has 9 heteroatoms.